The minimum atomic E-state index is -0.595. The standard InChI is InChI=1S/C48H51N3O5/c1-29-5-4-7-38-23-44(53)33-12-15-39-31(19-33)13-16-43(52)46(39)56-26-35-21-37(48-17-18-54-27-36(48)14-11-30-6-2-3-8-42(30)48)20-34-24-51(25-40(34)35)47-41(28-55-38)32(10-9-29)22-45(49)50-47/h2-3,6,8,12-13,15-16,20-22,24-25,29,33,36,38,44-45,50,52-53H,4-5,7,11,14,17-19,23,26-28,49H2,1H3/t29-,33+,36+,38-,44-,45?,48+/m0/s1. The molecule has 4 aromatic rings. The number of aliphatic hydroxyl groups is 1. The number of fused-ring (bicyclic) bond motifs is 5. The number of ether oxygens (including phenoxy) is 3. The molecule has 0 saturated carbocycles. The summed E-state index contributed by atoms with van der Waals surface area (Å²) in [6, 6.07) is 17.4. The highest BCUT2D eigenvalue weighted by atomic mass is 16.5. The Balaban J connectivity index is 1.19. The average Bonchev–Trinajstić information content (AvgIpc) is 3.64. The maximum atomic E-state index is 11.7. The van der Waals surface area contributed by atoms with Gasteiger partial charge in [0, 0.05) is 70.2 Å². The SMILES string of the molecule is C[C@@H]1C#CC2=CC(N)NC3=C2CO[C@@H](CCC1)C[C@H](O)[C@@H]1C=Cc2c(ccc(O)c2OCc2cc([C@@]45CCOC[C@H]4CCc4ccccc45)cc4cn3cc24)C1. The largest absolute Gasteiger partial charge is 0.504 e. The lowest BCUT2D eigenvalue weighted by Gasteiger charge is -2.49. The van der Waals surface area contributed by atoms with Crippen molar-refractivity contribution in [2.45, 2.75) is 88.7 Å². The summed E-state index contributed by atoms with van der Waals surface area (Å²) in [6.07, 6.45) is 16.3. The molecule has 11 rings (SSSR count). The van der Waals surface area contributed by atoms with Gasteiger partial charge in [-0.3, -0.25) is 0 Å². The molecule has 8 heteroatoms. The zero-order valence-electron chi connectivity index (χ0n) is 32.1. The lowest BCUT2D eigenvalue weighted by atomic mass is 9.57. The second-order valence-electron chi connectivity index (χ2n) is 16.9. The van der Waals surface area contributed by atoms with Crippen LogP contribution >= 0.6 is 0 Å². The monoisotopic (exact) mass is 749 g/mol. The fourth-order valence-corrected chi connectivity index (χ4v) is 10.5. The number of nitrogens with two attached hydrogens (primary N) is 1. The predicted molar refractivity (Wildman–Crippen MR) is 219 cm³/mol. The molecule has 1 aromatic heterocycles. The molecule has 8 nitrogen and oxygen atoms in total. The molecule has 288 valence electrons. The Bertz CT molecular complexity index is 2360. The van der Waals surface area contributed by atoms with Crippen LogP contribution in [0.5, 0.6) is 11.5 Å². The number of nitrogens with zero attached hydrogens (tertiary/aromatic N) is 1. The highest BCUT2D eigenvalue weighted by Crippen LogP contribution is 2.52. The maximum Gasteiger partial charge on any atom is 0.168 e. The van der Waals surface area contributed by atoms with Crippen molar-refractivity contribution < 1.29 is 24.4 Å². The molecule has 0 spiro atoms. The van der Waals surface area contributed by atoms with E-state index in [1.165, 1.54) is 16.7 Å². The number of hydrogen-bond acceptors (Lipinski definition) is 7. The van der Waals surface area contributed by atoms with Gasteiger partial charge >= 0.3 is 0 Å². The molecule has 7 aliphatic rings. The minimum absolute atomic E-state index is 0.0833. The van der Waals surface area contributed by atoms with Crippen molar-refractivity contribution >= 4 is 22.7 Å². The fourth-order valence-electron chi connectivity index (χ4n) is 10.5. The number of rotatable bonds is 1. The summed E-state index contributed by atoms with van der Waals surface area (Å²) < 4.78 is 21.9. The second kappa shape index (κ2) is 14.3. The first-order chi connectivity index (χ1) is 27.3. The van der Waals surface area contributed by atoms with Gasteiger partial charge in [-0.2, -0.15) is 0 Å². The Morgan fingerprint density at radius 1 is 1.02 bits per heavy atom. The summed E-state index contributed by atoms with van der Waals surface area (Å²) in [5.41, 5.74) is 15.4. The molecule has 8 bridgehead atoms. The molecule has 1 fully saturated rings. The number of aromatic nitrogens is 1. The van der Waals surface area contributed by atoms with Gasteiger partial charge < -0.3 is 40.0 Å². The van der Waals surface area contributed by atoms with Crippen molar-refractivity contribution in [3.05, 3.63) is 118 Å². The van der Waals surface area contributed by atoms with Crippen LogP contribution in [0, 0.1) is 29.6 Å². The first-order valence-electron chi connectivity index (χ1n) is 20.6. The van der Waals surface area contributed by atoms with E-state index in [1.54, 1.807) is 6.07 Å². The molecule has 2 aliphatic carbocycles. The van der Waals surface area contributed by atoms with Gasteiger partial charge in [-0.05, 0) is 96.9 Å². The summed E-state index contributed by atoms with van der Waals surface area (Å²) >= 11 is 0. The lowest BCUT2D eigenvalue weighted by molar-refractivity contribution is 0.00497. The lowest BCUT2D eigenvalue weighted by Crippen LogP contribution is -2.47. The van der Waals surface area contributed by atoms with Gasteiger partial charge in [0.15, 0.2) is 11.5 Å². The van der Waals surface area contributed by atoms with E-state index in [0.717, 1.165) is 89.6 Å². The molecule has 3 aromatic carbocycles. The number of phenols is 1. The molecule has 5 aliphatic heterocycles. The summed E-state index contributed by atoms with van der Waals surface area (Å²) in [5.74, 6) is 8.94. The highest BCUT2D eigenvalue weighted by molar-refractivity contribution is 5.89. The normalized spacial score (nSPS) is 29.8. The first-order valence-corrected chi connectivity index (χ1v) is 20.6. The van der Waals surface area contributed by atoms with Crippen LogP contribution in [0.4, 0.5) is 0 Å². The smallest absolute Gasteiger partial charge is 0.168 e. The van der Waals surface area contributed by atoms with Crippen molar-refractivity contribution in [2.75, 3.05) is 19.8 Å². The van der Waals surface area contributed by atoms with Crippen molar-refractivity contribution in [3.8, 4) is 23.3 Å². The van der Waals surface area contributed by atoms with Crippen molar-refractivity contribution in [2.24, 2.45) is 23.5 Å². The zero-order chi connectivity index (χ0) is 38.0. The summed E-state index contributed by atoms with van der Waals surface area (Å²) in [6.45, 7) is 4.22. The van der Waals surface area contributed by atoms with Crippen LogP contribution in [-0.4, -0.2) is 53.0 Å². The van der Waals surface area contributed by atoms with Gasteiger partial charge in [-0.25, -0.2) is 0 Å². The number of hydrogen-bond donors (Lipinski definition) is 4. The van der Waals surface area contributed by atoms with E-state index >= 15 is 0 Å². The van der Waals surface area contributed by atoms with Crippen LogP contribution in [0.3, 0.4) is 0 Å². The average molecular weight is 750 g/mol. The van der Waals surface area contributed by atoms with Crippen LogP contribution in [0.1, 0.15) is 78.8 Å². The summed E-state index contributed by atoms with van der Waals surface area (Å²) in [7, 11) is 0. The van der Waals surface area contributed by atoms with Gasteiger partial charge in [0.25, 0.3) is 0 Å². The van der Waals surface area contributed by atoms with E-state index in [2.05, 4.69) is 83.5 Å². The van der Waals surface area contributed by atoms with Crippen LogP contribution in [0.15, 0.2) is 84.2 Å². The third kappa shape index (κ3) is 6.17. The summed E-state index contributed by atoms with van der Waals surface area (Å²) in [4.78, 5) is 0. The van der Waals surface area contributed by atoms with Gasteiger partial charge in [0.05, 0.1) is 31.6 Å². The molecule has 1 saturated heterocycles. The Kier molecular flexibility index (Phi) is 9.10. The van der Waals surface area contributed by atoms with E-state index in [1.807, 2.05) is 18.2 Å². The summed E-state index contributed by atoms with van der Waals surface area (Å²) in [5, 5.41) is 28.7. The zero-order valence-corrected chi connectivity index (χ0v) is 32.1. The molecule has 1 unspecified atom stereocenters. The van der Waals surface area contributed by atoms with E-state index in [-0.39, 0.29) is 35.7 Å². The number of nitrogens with one attached hydrogen (secondary N) is 1. The Morgan fingerprint density at radius 2 is 1.93 bits per heavy atom. The molecular weight excluding hydrogens is 699 g/mol. The van der Waals surface area contributed by atoms with Crippen LogP contribution < -0.4 is 15.8 Å². The predicted octanol–water partition coefficient (Wildman–Crippen LogP) is 7.34. The molecule has 6 heterocycles. The highest BCUT2D eigenvalue weighted by Gasteiger charge is 2.47. The van der Waals surface area contributed by atoms with Gasteiger partial charge in [0.2, 0.25) is 0 Å². The molecule has 0 radical (unpaired) electrons. The van der Waals surface area contributed by atoms with E-state index in [0.29, 0.717) is 37.7 Å². The number of aromatic hydroxyl groups is 1. The van der Waals surface area contributed by atoms with Gasteiger partial charge in [0.1, 0.15) is 12.4 Å². The quantitative estimate of drug-likeness (QED) is 0.151. The number of aryl methyl sites for hydroxylation is 1. The molecular formula is C48H51N3O5. The van der Waals surface area contributed by atoms with Crippen LogP contribution in [0.25, 0.3) is 22.7 Å². The molecule has 0 amide bonds. The maximum absolute atomic E-state index is 11.7. The topological polar surface area (TPSA) is 111 Å². The molecule has 56 heavy (non-hydrogen) atoms. The third-order valence-electron chi connectivity index (χ3n) is 13.5. The Labute approximate surface area is 329 Å². The van der Waals surface area contributed by atoms with Crippen molar-refractivity contribution in [1.29, 1.82) is 0 Å². The van der Waals surface area contributed by atoms with Crippen LogP contribution in [-0.2, 0) is 34.3 Å². The number of benzene rings is 3. The Morgan fingerprint density at radius 3 is 2.86 bits per heavy atom. The van der Waals surface area contributed by atoms with Crippen molar-refractivity contribution in [1.82, 2.24) is 9.88 Å². The van der Waals surface area contributed by atoms with E-state index in [9.17, 15) is 10.2 Å². The third-order valence-corrected chi connectivity index (χ3v) is 13.5. The first kappa shape index (κ1) is 35.6. The Hall–Kier alpha value is -4.78. The minimum Gasteiger partial charge on any atom is -0.504 e. The number of phenolic OH excluding ortho intramolecular Hbond substituents is 1. The molecule has 7 atom stereocenters. The van der Waals surface area contributed by atoms with Gasteiger partial charge in [-0.1, -0.05) is 67.3 Å². The van der Waals surface area contributed by atoms with Gasteiger partial charge in [-0.15, -0.1) is 0 Å². The van der Waals surface area contributed by atoms with E-state index in [4.69, 9.17) is 19.9 Å². The second-order valence-corrected chi connectivity index (χ2v) is 16.9. The van der Waals surface area contributed by atoms with Crippen LogP contribution in [0.2, 0.25) is 0 Å². The van der Waals surface area contributed by atoms with Crippen molar-refractivity contribution in [3.63, 3.8) is 0 Å². The molecule has 5 N–H and O–H groups in total. The fraction of sp³-hybridized carbons (Fsp3) is 0.417. The van der Waals surface area contributed by atoms with E-state index < -0.39 is 12.3 Å². The number of dihydropyridines is 1. The number of aliphatic hydroxyl groups excluding tert-OH is 1.